The highest BCUT2D eigenvalue weighted by Gasteiger charge is 2.13. The van der Waals surface area contributed by atoms with Crippen molar-refractivity contribution in [1.29, 1.82) is 0 Å². The Balaban J connectivity index is 1.89. The molecule has 0 saturated carbocycles. The molecule has 0 aliphatic rings. The van der Waals surface area contributed by atoms with Crippen LogP contribution in [0, 0.1) is 5.82 Å². The van der Waals surface area contributed by atoms with Crippen LogP contribution in [0.5, 0.6) is 0 Å². The number of amides is 1. The van der Waals surface area contributed by atoms with Gasteiger partial charge >= 0.3 is 0 Å². The van der Waals surface area contributed by atoms with E-state index in [-0.39, 0.29) is 11.6 Å². The number of nitrogens with one attached hydrogen (secondary N) is 1. The molecule has 7 heteroatoms. The van der Waals surface area contributed by atoms with E-state index in [1.807, 2.05) is 18.5 Å². The number of pyridine rings is 1. The normalized spacial score (nSPS) is 11.2. The fourth-order valence-electron chi connectivity index (χ4n) is 2.26. The average molecular weight is 377 g/mol. The lowest BCUT2D eigenvalue weighted by atomic mass is 10.2. The quantitative estimate of drug-likeness (QED) is 0.746. The topological polar surface area (TPSA) is 59.8 Å². The highest BCUT2D eigenvalue weighted by Crippen LogP contribution is 2.22. The Labute approximate surface area is 140 Å². The van der Waals surface area contributed by atoms with Crippen LogP contribution in [0.1, 0.15) is 30.2 Å². The molecule has 1 N–H and O–H groups in total. The molecule has 5 nitrogen and oxygen atoms in total. The van der Waals surface area contributed by atoms with Crippen molar-refractivity contribution in [3.63, 3.8) is 0 Å². The molecule has 2 heterocycles. The van der Waals surface area contributed by atoms with Crippen LogP contribution in [0.2, 0.25) is 0 Å². The minimum Gasteiger partial charge on any atom is -0.321 e. The van der Waals surface area contributed by atoms with Gasteiger partial charge in [-0.25, -0.2) is 14.1 Å². The van der Waals surface area contributed by atoms with E-state index in [9.17, 15) is 9.18 Å². The van der Waals surface area contributed by atoms with E-state index in [1.54, 1.807) is 18.5 Å². The van der Waals surface area contributed by atoms with Gasteiger partial charge in [-0.2, -0.15) is 5.10 Å². The summed E-state index contributed by atoms with van der Waals surface area (Å²) in [6.45, 7) is 4.04. The van der Waals surface area contributed by atoms with Gasteiger partial charge in [-0.3, -0.25) is 4.79 Å². The molecule has 23 heavy (non-hydrogen) atoms. The van der Waals surface area contributed by atoms with E-state index in [0.29, 0.717) is 10.2 Å². The second-order valence-electron chi connectivity index (χ2n) is 5.40. The molecule has 0 bridgehead atoms. The number of nitrogens with zero attached hydrogens (tertiary/aromatic N) is 3. The highest BCUT2D eigenvalue weighted by atomic mass is 79.9. The first-order valence-electron chi connectivity index (χ1n) is 7.05. The number of carbonyl (C=O) groups is 1. The summed E-state index contributed by atoms with van der Waals surface area (Å²) < 4.78 is 15.6. The Kier molecular flexibility index (Phi) is 4.12. The van der Waals surface area contributed by atoms with E-state index < -0.39 is 11.7 Å². The summed E-state index contributed by atoms with van der Waals surface area (Å²) >= 11 is 3.25. The van der Waals surface area contributed by atoms with Gasteiger partial charge < -0.3 is 5.32 Å². The van der Waals surface area contributed by atoms with E-state index >= 15 is 0 Å². The first-order chi connectivity index (χ1) is 11.0. The zero-order valence-corrected chi connectivity index (χ0v) is 14.1. The molecule has 0 radical (unpaired) electrons. The number of anilines is 1. The summed E-state index contributed by atoms with van der Waals surface area (Å²) in [7, 11) is 0. The van der Waals surface area contributed by atoms with E-state index in [0.717, 1.165) is 11.0 Å². The van der Waals surface area contributed by atoms with Crippen LogP contribution in [0.3, 0.4) is 0 Å². The monoisotopic (exact) mass is 376 g/mol. The standard InChI is InChI=1S/C16H14BrFN4O/c1-9(2)22-15-10(7-20-22)5-12(8-19-15)21-16(23)13-6-11(18)3-4-14(13)17/h3-9H,1-2H3,(H,21,23). The summed E-state index contributed by atoms with van der Waals surface area (Å²) in [5.74, 6) is -0.876. The molecule has 0 aliphatic heterocycles. The number of carbonyl (C=O) groups excluding carboxylic acids is 1. The van der Waals surface area contributed by atoms with Crippen molar-refractivity contribution in [2.45, 2.75) is 19.9 Å². The van der Waals surface area contributed by atoms with Crippen molar-refractivity contribution in [2.24, 2.45) is 0 Å². The van der Waals surface area contributed by atoms with Gasteiger partial charge in [-0.15, -0.1) is 0 Å². The largest absolute Gasteiger partial charge is 0.321 e. The van der Waals surface area contributed by atoms with Crippen LogP contribution in [0.25, 0.3) is 11.0 Å². The zero-order chi connectivity index (χ0) is 16.6. The van der Waals surface area contributed by atoms with Crippen molar-refractivity contribution >= 4 is 38.6 Å². The third-order valence-corrected chi connectivity index (χ3v) is 4.04. The van der Waals surface area contributed by atoms with Crippen LogP contribution in [0.15, 0.2) is 41.1 Å². The van der Waals surface area contributed by atoms with Crippen LogP contribution >= 0.6 is 15.9 Å². The van der Waals surface area contributed by atoms with Gasteiger partial charge in [0.25, 0.3) is 5.91 Å². The molecule has 1 aromatic carbocycles. The van der Waals surface area contributed by atoms with E-state index in [1.165, 1.54) is 18.2 Å². The smallest absolute Gasteiger partial charge is 0.256 e. The van der Waals surface area contributed by atoms with Gasteiger partial charge in [0.15, 0.2) is 5.65 Å². The Morgan fingerprint density at radius 1 is 1.30 bits per heavy atom. The lowest BCUT2D eigenvalue weighted by Crippen LogP contribution is -2.13. The molecule has 0 saturated heterocycles. The fraction of sp³-hybridized carbons (Fsp3) is 0.188. The summed E-state index contributed by atoms with van der Waals surface area (Å²) in [5.41, 5.74) is 1.51. The van der Waals surface area contributed by atoms with Gasteiger partial charge in [-0.1, -0.05) is 0 Å². The van der Waals surface area contributed by atoms with Crippen molar-refractivity contribution in [1.82, 2.24) is 14.8 Å². The Bertz CT molecular complexity index is 891. The summed E-state index contributed by atoms with van der Waals surface area (Å²) in [5, 5.41) is 7.83. The maximum absolute atomic E-state index is 13.3. The molecule has 3 aromatic rings. The summed E-state index contributed by atoms with van der Waals surface area (Å²) in [6.07, 6.45) is 3.27. The fourth-order valence-corrected chi connectivity index (χ4v) is 2.68. The number of rotatable bonds is 3. The van der Waals surface area contributed by atoms with Crippen molar-refractivity contribution in [3.8, 4) is 0 Å². The third-order valence-electron chi connectivity index (χ3n) is 3.35. The molecule has 1 amide bonds. The molecule has 0 fully saturated rings. The van der Waals surface area contributed by atoms with E-state index in [4.69, 9.17) is 0 Å². The second kappa shape index (κ2) is 6.08. The minimum atomic E-state index is -0.467. The molecule has 0 atom stereocenters. The van der Waals surface area contributed by atoms with Crippen LogP contribution in [-0.4, -0.2) is 20.7 Å². The molecule has 0 unspecified atom stereocenters. The Morgan fingerprint density at radius 2 is 2.09 bits per heavy atom. The van der Waals surface area contributed by atoms with Crippen molar-refractivity contribution < 1.29 is 9.18 Å². The number of fused-ring (bicyclic) bond motifs is 1. The van der Waals surface area contributed by atoms with Crippen molar-refractivity contribution in [3.05, 3.63) is 52.5 Å². The first kappa shape index (κ1) is 15.6. The summed E-state index contributed by atoms with van der Waals surface area (Å²) in [4.78, 5) is 16.6. The minimum absolute atomic E-state index is 0.198. The third kappa shape index (κ3) is 3.10. The van der Waals surface area contributed by atoms with Gasteiger partial charge in [0, 0.05) is 15.9 Å². The molecular formula is C16H14BrFN4O. The number of halogens is 2. The molecular weight excluding hydrogens is 363 g/mol. The van der Waals surface area contributed by atoms with E-state index in [2.05, 4.69) is 31.3 Å². The van der Waals surface area contributed by atoms with Gasteiger partial charge in [-0.05, 0) is 54.0 Å². The SMILES string of the molecule is CC(C)n1ncc2cc(NC(=O)c3cc(F)ccc3Br)cnc21. The molecule has 2 aromatic heterocycles. The van der Waals surface area contributed by atoms with Crippen LogP contribution in [-0.2, 0) is 0 Å². The second-order valence-corrected chi connectivity index (χ2v) is 6.25. The molecule has 0 aliphatic carbocycles. The number of hydrogen-bond acceptors (Lipinski definition) is 3. The lowest BCUT2D eigenvalue weighted by Gasteiger charge is -2.08. The summed E-state index contributed by atoms with van der Waals surface area (Å²) in [6, 6.07) is 5.96. The van der Waals surface area contributed by atoms with Crippen LogP contribution < -0.4 is 5.32 Å². The lowest BCUT2D eigenvalue weighted by molar-refractivity contribution is 0.102. The number of benzene rings is 1. The first-order valence-corrected chi connectivity index (χ1v) is 7.84. The maximum atomic E-state index is 13.3. The Hall–Kier alpha value is -2.28. The van der Waals surface area contributed by atoms with Crippen molar-refractivity contribution in [2.75, 3.05) is 5.32 Å². The average Bonchev–Trinajstić information content (AvgIpc) is 2.93. The van der Waals surface area contributed by atoms with Gasteiger partial charge in [0.2, 0.25) is 0 Å². The molecule has 0 spiro atoms. The number of aromatic nitrogens is 3. The molecule has 118 valence electrons. The molecule has 3 rings (SSSR count). The van der Waals surface area contributed by atoms with Gasteiger partial charge in [0.1, 0.15) is 5.82 Å². The zero-order valence-electron chi connectivity index (χ0n) is 12.5. The maximum Gasteiger partial charge on any atom is 0.256 e. The van der Waals surface area contributed by atoms with Crippen LogP contribution in [0.4, 0.5) is 10.1 Å². The predicted octanol–water partition coefficient (Wildman–Crippen LogP) is 4.17. The Morgan fingerprint density at radius 3 is 2.83 bits per heavy atom. The van der Waals surface area contributed by atoms with Gasteiger partial charge in [0.05, 0.1) is 23.6 Å². The highest BCUT2D eigenvalue weighted by molar-refractivity contribution is 9.10. The number of hydrogen-bond donors (Lipinski definition) is 1. The predicted molar refractivity (Wildman–Crippen MR) is 90.0 cm³/mol.